The SMILES string of the molecule is C1=Cc2c(c3cc(-c4ccc5c(c4)c4ccccc4n5-c4nc5c6c(cccc6n4)Sc4ccccc4-5)ccc3n2-c2ccc3ccc4ccccc4c3c2)CC1. The van der Waals surface area contributed by atoms with Crippen molar-refractivity contribution >= 4 is 83.0 Å². The van der Waals surface area contributed by atoms with Crippen molar-refractivity contribution < 1.29 is 0 Å². The van der Waals surface area contributed by atoms with Crippen LogP contribution in [-0.4, -0.2) is 19.1 Å². The van der Waals surface area contributed by atoms with Crippen molar-refractivity contribution in [3.8, 4) is 34.0 Å². The minimum absolute atomic E-state index is 0.694. The lowest BCUT2D eigenvalue weighted by molar-refractivity contribution is 0.968. The number of aryl methyl sites for hydroxylation is 1. The second-order valence-electron chi connectivity index (χ2n) is 15.3. The summed E-state index contributed by atoms with van der Waals surface area (Å²) in [6, 6.07) is 57.7. The van der Waals surface area contributed by atoms with Gasteiger partial charge in [-0.25, -0.2) is 9.97 Å². The third kappa shape index (κ3) is 4.52. The quantitative estimate of drug-likeness (QED) is 0.169. The van der Waals surface area contributed by atoms with E-state index in [1.165, 1.54) is 81.1 Å². The Labute approximate surface area is 332 Å². The van der Waals surface area contributed by atoms with Crippen LogP contribution in [0.5, 0.6) is 0 Å². The summed E-state index contributed by atoms with van der Waals surface area (Å²) >= 11 is 1.80. The fourth-order valence-electron chi connectivity index (χ4n) is 9.58. The molecule has 0 saturated heterocycles. The van der Waals surface area contributed by atoms with Gasteiger partial charge in [0, 0.05) is 48.3 Å². The number of aromatic nitrogens is 4. The van der Waals surface area contributed by atoms with Gasteiger partial charge in [0.2, 0.25) is 5.95 Å². The van der Waals surface area contributed by atoms with Crippen molar-refractivity contribution in [1.29, 1.82) is 0 Å². The molecule has 1 aliphatic heterocycles. The van der Waals surface area contributed by atoms with E-state index in [-0.39, 0.29) is 0 Å². The predicted molar refractivity (Wildman–Crippen MR) is 238 cm³/mol. The lowest BCUT2D eigenvalue weighted by atomic mass is 9.97. The maximum atomic E-state index is 5.36. The fraction of sp³-hybridized carbons (Fsp3) is 0.0385. The zero-order chi connectivity index (χ0) is 37.2. The van der Waals surface area contributed by atoms with Gasteiger partial charge in [0.15, 0.2) is 0 Å². The summed E-state index contributed by atoms with van der Waals surface area (Å²) in [4.78, 5) is 13.0. The molecule has 1 aliphatic carbocycles. The average molecular weight is 745 g/mol. The Balaban J connectivity index is 0.983. The highest BCUT2D eigenvalue weighted by Crippen LogP contribution is 2.47. The maximum absolute atomic E-state index is 5.36. The van der Waals surface area contributed by atoms with E-state index < -0.39 is 0 Å². The summed E-state index contributed by atoms with van der Waals surface area (Å²) in [5.74, 6) is 0.694. The summed E-state index contributed by atoms with van der Waals surface area (Å²) in [6.45, 7) is 0. The molecule has 0 unspecified atom stereocenters. The Hall–Kier alpha value is -6.95. The highest BCUT2D eigenvalue weighted by molar-refractivity contribution is 7.99. The Kier molecular flexibility index (Phi) is 6.46. The van der Waals surface area contributed by atoms with Gasteiger partial charge >= 0.3 is 0 Å². The molecule has 0 spiro atoms. The van der Waals surface area contributed by atoms with Crippen LogP contribution in [0.4, 0.5) is 0 Å². The third-order valence-electron chi connectivity index (χ3n) is 12.2. The Morgan fingerprint density at radius 1 is 0.509 bits per heavy atom. The number of hydrogen-bond acceptors (Lipinski definition) is 3. The van der Waals surface area contributed by atoms with Crippen molar-refractivity contribution in [2.45, 2.75) is 22.6 Å². The zero-order valence-corrected chi connectivity index (χ0v) is 31.6. The number of para-hydroxylation sites is 1. The second kappa shape index (κ2) is 11.8. The van der Waals surface area contributed by atoms with Crippen LogP contribution in [-0.2, 0) is 6.42 Å². The van der Waals surface area contributed by atoms with E-state index in [4.69, 9.17) is 9.97 Å². The van der Waals surface area contributed by atoms with E-state index in [2.05, 4.69) is 179 Å². The van der Waals surface area contributed by atoms with Gasteiger partial charge in [-0.2, -0.15) is 0 Å². The van der Waals surface area contributed by atoms with E-state index in [1.807, 2.05) is 0 Å². The summed E-state index contributed by atoms with van der Waals surface area (Å²) in [7, 11) is 0. The number of benzene rings is 8. The summed E-state index contributed by atoms with van der Waals surface area (Å²) in [6.07, 6.45) is 6.73. The molecular weight excluding hydrogens is 713 g/mol. The minimum atomic E-state index is 0.694. The molecule has 266 valence electrons. The van der Waals surface area contributed by atoms with E-state index in [0.29, 0.717) is 5.95 Å². The van der Waals surface area contributed by atoms with Gasteiger partial charge in [0.1, 0.15) is 0 Å². The molecule has 5 heteroatoms. The number of fused-ring (bicyclic) bond motifs is 11. The van der Waals surface area contributed by atoms with E-state index in [9.17, 15) is 0 Å². The first-order chi connectivity index (χ1) is 28.2. The predicted octanol–water partition coefficient (Wildman–Crippen LogP) is 13.7. The fourth-order valence-corrected chi connectivity index (χ4v) is 10.7. The monoisotopic (exact) mass is 744 g/mol. The molecule has 11 aromatic rings. The molecular formula is C52H32N4S. The molecule has 0 radical (unpaired) electrons. The molecule has 0 saturated carbocycles. The highest BCUT2D eigenvalue weighted by Gasteiger charge is 2.24. The molecule has 0 amide bonds. The summed E-state index contributed by atoms with van der Waals surface area (Å²) in [5.41, 5.74) is 12.9. The molecule has 4 heterocycles. The van der Waals surface area contributed by atoms with Gasteiger partial charge in [-0.1, -0.05) is 115 Å². The molecule has 0 fully saturated rings. The molecule has 0 bridgehead atoms. The van der Waals surface area contributed by atoms with Crippen molar-refractivity contribution in [3.05, 3.63) is 175 Å². The molecule has 4 nitrogen and oxygen atoms in total. The lowest BCUT2D eigenvalue weighted by Crippen LogP contribution is -2.05. The van der Waals surface area contributed by atoms with Crippen molar-refractivity contribution in [3.63, 3.8) is 0 Å². The van der Waals surface area contributed by atoms with Crippen LogP contribution < -0.4 is 0 Å². The topological polar surface area (TPSA) is 35.6 Å². The minimum Gasteiger partial charge on any atom is -0.310 e. The Morgan fingerprint density at radius 2 is 1.23 bits per heavy atom. The average Bonchev–Trinajstić information content (AvgIpc) is 3.78. The van der Waals surface area contributed by atoms with Crippen LogP contribution in [0.25, 0.3) is 105 Å². The van der Waals surface area contributed by atoms with Crippen LogP contribution in [0.15, 0.2) is 174 Å². The second-order valence-corrected chi connectivity index (χ2v) is 16.4. The number of hydrogen-bond donors (Lipinski definition) is 0. The van der Waals surface area contributed by atoms with Gasteiger partial charge < -0.3 is 4.57 Å². The van der Waals surface area contributed by atoms with Crippen molar-refractivity contribution in [2.75, 3.05) is 0 Å². The first-order valence-electron chi connectivity index (χ1n) is 19.6. The molecule has 57 heavy (non-hydrogen) atoms. The van der Waals surface area contributed by atoms with E-state index in [0.717, 1.165) is 46.0 Å². The number of allylic oxidation sites excluding steroid dienone is 1. The standard InChI is InChI=1S/C52H32N4S/c1-2-11-36-31(10-1)20-21-32-22-25-35(30-40(32)36)55-44-16-6-3-12-37(44)41-28-33(23-26-46(41)55)34-24-27-47-42(29-34)38-13-4-7-17-45(38)56(47)52-53-43-15-9-19-49-50(43)51(54-52)39-14-5-8-18-48(39)57-49/h1-2,4-11,13-30H,3,12H2. The zero-order valence-electron chi connectivity index (χ0n) is 30.8. The van der Waals surface area contributed by atoms with Crippen LogP contribution in [0.3, 0.4) is 0 Å². The van der Waals surface area contributed by atoms with Gasteiger partial charge in [0.05, 0.1) is 27.8 Å². The van der Waals surface area contributed by atoms with Crippen LogP contribution >= 0.6 is 11.8 Å². The highest BCUT2D eigenvalue weighted by atomic mass is 32.2. The number of nitrogens with zero attached hydrogens (tertiary/aromatic N) is 4. The normalized spacial score (nSPS) is 13.3. The smallest absolute Gasteiger partial charge is 0.235 e. The first-order valence-corrected chi connectivity index (χ1v) is 20.4. The summed E-state index contributed by atoms with van der Waals surface area (Å²) in [5, 5.41) is 9.94. The molecule has 3 aromatic heterocycles. The molecule has 0 atom stereocenters. The van der Waals surface area contributed by atoms with E-state index in [1.54, 1.807) is 11.8 Å². The van der Waals surface area contributed by atoms with Crippen molar-refractivity contribution in [1.82, 2.24) is 19.1 Å². The molecule has 2 aliphatic rings. The Morgan fingerprint density at radius 3 is 2.14 bits per heavy atom. The van der Waals surface area contributed by atoms with Gasteiger partial charge in [-0.05, 0) is 118 Å². The van der Waals surface area contributed by atoms with Crippen LogP contribution in [0.2, 0.25) is 0 Å². The summed E-state index contributed by atoms with van der Waals surface area (Å²) < 4.78 is 4.72. The lowest BCUT2D eigenvalue weighted by Gasteiger charge is -2.20. The maximum Gasteiger partial charge on any atom is 0.235 e. The van der Waals surface area contributed by atoms with Gasteiger partial charge in [-0.15, -0.1) is 0 Å². The first kappa shape index (κ1) is 31.3. The van der Waals surface area contributed by atoms with Crippen LogP contribution in [0, 0.1) is 0 Å². The largest absolute Gasteiger partial charge is 0.310 e. The molecule has 13 rings (SSSR count). The Bertz CT molecular complexity index is 3570. The van der Waals surface area contributed by atoms with E-state index >= 15 is 0 Å². The number of rotatable bonds is 3. The van der Waals surface area contributed by atoms with Crippen LogP contribution in [0.1, 0.15) is 17.7 Å². The molecule has 8 aromatic carbocycles. The third-order valence-corrected chi connectivity index (χ3v) is 13.3. The van der Waals surface area contributed by atoms with Crippen molar-refractivity contribution in [2.24, 2.45) is 0 Å². The van der Waals surface area contributed by atoms with Gasteiger partial charge in [-0.3, -0.25) is 4.57 Å². The van der Waals surface area contributed by atoms with Gasteiger partial charge in [0.25, 0.3) is 0 Å². The molecule has 0 N–H and O–H groups in total.